The Hall–Kier alpha value is -6.69. The zero-order chi connectivity index (χ0) is 46.9. The van der Waals surface area contributed by atoms with Crippen LogP contribution in [0.15, 0.2) is 73.1 Å². The second-order valence-electron chi connectivity index (χ2n) is 17.2. The van der Waals surface area contributed by atoms with Crippen LogP contribution in [-0.4, -0.2) is 116 Å². The molecule has 6 heterocycles. The zero-order valence-corrected chi connectivity index (χ0v) is 36.9. The topological polar surface area (TPSA) is 141 Å². The minimum atomic E-state index is -2.60. The van der Waals surface area contributed by atoms with Crippen LogP contribution >= 0.6 is 0 Å². The maximum absolute atomic E-state index is 16.0. The van der Waals surface area contributed by atoms with Gasteiger partial charge in [-0.1, -0.05) is 18.2 Å². The van der Waals surface area contributed by atoms with Gasteiger partial charge in [-0.3, -0.25) is 38.8 Å². The highest BCUT2D eigenvalue weighted by molar-refractivity contribution is 6.05. The Balaban J connectivity index is 0.000000188. The third kappa shape index (κ3) is 9.78. The monoisotopic (exact) mass is 911 g/mol. The Morgan fingerprint density at radius 2 is 1.79 bits per heavy atom. The number of carbonyl (C=O) groups is 4. The number of piperidine rings is 2. The Kier molecular flexibility index (Phi) is 13.2. The van der Waals surface area contributed by atoms with E-state index >= 15 is 4.39 Å². The number of H-pyrrole nitrogens is 1. The molecule has 2 saturated heterocycles. The fourth-order valence-electron chi connectivity index (χ4n) is 9.07. The van der Waals surface area contributed by atoms with E-state index in [2.05, 4.69) is 20.5 Å². The SMILES string of the molecule is CN(C)C(=O)c1cc2c(-c3cc(F)ccc3F)cc(C3=CCCN(C(=O)CCn4cccn4)C3)c(F)c2[nH]1.Cc1nn(C2CCC(=O)NC2=O)c2cccc(CCN3CCCC(F)(F)C3)c12. The molecule has 6 aromatic rings. The van der Waals surface area contributed by atoms with Crippen LogP contribution in [0.4, 0.5) is 22.0 Å². The van der Waals surface area contributed by atoms with E-state index in [9.17, 15) is 36.7 Å². The number of hydrogen-bond donors (Lipinski definition) is 2. The van der Waals surface area contributed by atoms with Gasteiger partial charge in [0, 0.05) is 93.8 Å². The molecule has 0 radical (unpaired) electrons. The van der Waals surface area contributed by atoms with Gasteiger partial charge in [0.15, 0.2) is 5.82 Å². The molecule has 1 unspecified atom stereocenters. The van der Waals surface area contributed by atoms with Gasteiger partial charge >= 0.3 is 0 Å². The van der Waals surface area contributed by atoms with E-state index in [1.165, 1.54) is 17.0 Å². The molecule has 2 fully saturated rings. The van der Waals surface area contributed by atoms with Crippen molar-refractivity contribution in [3.05, 3.63) is 113 Å². The summed E-state index contributed by atoms with van der Waals surface area (Å²) >= 11 is 0. The van der Waals surface area contributed by atoms with Gasteiger partial charge in [-0.15, -0.1) is 0 Å². The fraction of sp³-hybridized carbons (Fsp3) is 0.375. The molecule has 3 aliphatic heterocycles. The number of nitrogens with zero attached hydrogens (tertiary/aromatic N) is 7. The van der Waals surface area contributed by atoms with Crippen LogP contribution in [0.5, 0.6) is 0 Å². The molecule has 18 heteroatoms. The lowest BCUT2D eigenvalue weighted by molar-refractivity contribution is -0.136. The summed E-state index contributed by atoms with van der Waals surface area (Å²) < 4.78 is 75.7. The first-order valence-corrected chi connectivity index (χ1v) is 21.9. The second kappa shape index (κ2) is 19.0. The first-order valence-electron chi connectivity index (χ1n) is 21.9. The highest BCUT2D eigenvalue weighted by Crippen LogP contribution is 2.38. The number of aryl methyl sites for hydroxylation is 2. The van der Waals surface area contributed by atoms with E-state index in [1.54, 1.807) is 46.8 Å². The fourth-order valence-corrected chi connectivity index (χ4v) is 9.07. The molecular formula is C48H50F5N9O4. The molecule has 13 nitrogen and oxygen atoms in total. The van der Waals surface area contributed by atoms with Crippen LogP contribution in [0.2, 0.25) is 0 Å². The van der Waals surface area contributed by atoms with Gasteiger partial charge in [0.05, 0.1) is 23.3 Å². The van der Waals surface area contributed by atoms with Crippen molar-refractivity contribution in [2.24, 2.45) is 0 Å². The highest BCUT2D eigenvalue weighted by atomic mass is 19.3. The van der Waals surface area contributed by atoms with Crippen LogP contribution in [0, 0.1) is 24.4 Å². The maximum Gasteiger partial charge on any atom is 0.269 e. The number of imide groups is 1. The number of benzene rings is 3. The summed E-state index contributed by atoms with van der Waals surface area (Å²) in [7, 11) is 3.13. The molecule has 9 rings (SSSR count). The summed E-state index contributed by atoms with van der Waals surface area (Å²) in [6, 6.07) is 13.1. The summed E-state index contributed by atoms with van der Waals surface area (Å²) in [4.78, 5) is 56.9. The number of carbonyl (C=O) groups excluding carboxylic acids is 4. The molecule has 2 N–H and O–H groups in total. The molecule has 0 saturated carbocycles. The molecule has 346 valence electrons. The number of likely N-dealkylation sites (tertiary alicyclic amines) is 1. The predicted octanol–water partition coefficient (Wildman–Crippen LogP) is 7.45. The van der Waals surface area contributed by atoms with Crippen molar-refractivity contribution in [1.82, 2.24) is 44.6 Å². The molecule has 66 heavy (non-hydrogen) atoms. The van der Waals surface area contributed by atoms with Gasteiger partial charge in [-0.2, -0.15) is 10.2 Å². The van der Waals surface area contributed by atoms with Gasteiger partial charge in [0.2, 0.25) is 11.8 Å². The van der Waals surface area contributed by atoms with E-state index in [0.717, 1.165) is 40.4 Å². The first-order chi connectivity index (χ1) is 31.6. The lowest BCUT2D eigenvalue weighted by Crippen LogP contribution is -2.43. The highest BCUT2D eigenvalue weighted by Gasteiger charge is 2.35. The summed E-state index contributed by atoms with van der Waals surface area (Å²) in [5.74, 6) is -5.63. The normalized spacial score (nSPS) is 17.7. The van der Waals surface area contributed by atoms with Crippen molar-refractivity contribution in [2.75, 3.05) is 46.8 Å². The second-order valence-corrected chi connectivity index (χ2v) is 17.2. The molecule has 4 amide bonds. The van der Waals surface area contributed by atoms with Crippen LogP contribution in [0.1, 0.15) is 71.9 Å². The summed E-state index contributed by atoms with van der Waals surface area (Å²) in [6.07, 6.45) is 7.87. The van der Waals surface area contributed by atoms with E-state index in [0.29, 0.717) is 63.9 Å². The van der Waals surface area contributed by atoms with E-state index in [-0.39, 0.29) is 76.9 Å². The molecule has 3 aromatic carbocycles. The number of halogens is 5. The number of aromatic nitrogens is 5. The van der Waals surface area contributed by atoms with E-state index in [4.69, 9.17) is 0 Å². The number of hydrogen-bond acceptors (Lipinski definition) is 7. The minimum Gasteiger partial charge on any atom is -0.348 e. The van der Waals surface area contributed by atoms with Crippen molar-refractivity contribution < 1.29 is 41.1 Å². The van der Waals surface area contributed by atoms with Crippen LogP contribution in [0.3, 0.4) is 0 Å². The molecule has 0 spiro atoms. The number of nitrogens with one attached hydrogen (secondary N) is 2. The number of fused-ring (bicyclic) bond motifs is 2. The summed E-state index contributed by atoms with van der Waals surface area (Å²) in [5.41, 5.74) is 3.72. The average Bonchev–Trinajstić information content (AvgIpc) is 4.06. The molecule has 0 aliphatic carbocycles. The van der Waals surface area contributed by atoms with Gasteiger partial charge in [0.1, 0.15) is 23.4 Å². The van der Waals surface area contributed by atoms with Gasteiger partial charge in [0.25, 0.3) is 17.7 Å². The third-order valence-corrected chi connectivity index (χ3v) is 12.3. The Bertz CT molecular complexity index is 2850. The van der Waals surface area contributed by atoms with Gasteiger partial charge in [-0.25, -0.2) is 22.0 Å². The number of alkyl halides is 2. The third-order valence-electron chi connectivity index (χ3n) is 12.3. The largest absolute Gasteiger partial charge is 0.348 e. The summed E-state index contributed by atoms with van der Waals surface area (Å²) in [5, 5.41) is 12.3. The van der Waals surface area contributed by atoms with E-state index < -0.39 is 35.3 Å². The summed E-state index contributed by atoms with van der Waals surface area (Å²) in [6.45, 7) is 4.05. The first kappa shape index (κ1) is 45.9. The van der Waals surface area contributed by atoms with Crippen molar-refractivity contribution in [1.29, 1.82) is 0 Å². The average molecular weight is 912 g/mol. The maximum atomic E-state index is 16.0. The quantitative estimate of drug-likeness (QED) is 0.108. The van der Waals surface area contributed by atoms with Crippen LogP contribution < -0.4 is 5.32 Å². The Labute approximate surface area is 377 Å². The van der Waals surface area contributed by atoms with Crippen molar-refractivity contribution in [2.45, 2.75) is 70.4 Å². The lowest BCUT2D eigenvalue weighted by atomic mass is 9.93. The molecule has 3 aromatic heterocycles. The molecule has 0 bridgehead atoms. The molecule has 3 aliphatic rings. The predicted molar refractivity (Wildman–Crippen MR) is 238 cm³/mol. The zero-order valence-electron chi connectivity index (χ0n) is 36.9. The van der Waals surface area contributed by atoms with E-state index in [1.807, 2.05) is 36.1 Å². The number of rotatable bonds is 10. The minimum absolute atomic E-state index is 0.00870. The molecule has 1 atom stereocenters. The standard InChI is InChI=1S/C28H26F3N5O2.C20H24F2N4O2/c1-34(2)28(38)24-15-22-20(21-13-18(29)6-7-23(21)30)14-19(26(31)27(22)33-24)17-5-3-10-35(16-17)25(37)8-12-36-11-4-9-32-36;1-13-18-14(8-11-25-10-3-9-20(21,22)12-25)4-2-5-15(18)26(24-13)16-6-7-17(27)23-19(16)28/h4-7,9,11,13-15,33H,3,8,10,12,16H2,1-2H3;2,4-5,16H,3,6-12H2,1H3,(H,23,27,28). The Morgan fingerprint density at radius 3 is 2.53 bits per heavy atom. The van der Waals surface area contributed by atoms with Crippen molar-refractivity contribution >= 4 is 51.0 Å². The van der Waals surface area contributed by atoms with Gasteiger partial charge in [-0.05, 0) is 98.3 Å². The van der Waals surface area contributed by atoms with Crippen molar-refractivity contribution in [3.63, 3.8) is 0 Å². The van der Waals surface area contributed by atoms with Crippen LogP contribution in [-0.2, 0) is 27.3 Å². The molecular weight excluding hydrogens is 862 g/mol. The van der Waals surface area contributed by atoms with Gasteiger partial charge < -0.3 is 14.8 Å². The lowest BCUT2D eigenvalue weighted by Gasteiger charge is -2.32. The van der Waals surface area contributed by atoms with Crippen LogP contribution in [0.25, 0.3) is 38.5 Å². The smallest absolute Gasteiger partial charge is 0.269 e. The number of amides is 4. The Morgan fingerprint density at radius 1 is 0.970 bits per heavy atom. The van der Waals surface area contributed by atoms with Crippen molar-refractivity contribution in [3.8, 4) is 11.1 Å². The number of aromatic amines is 1.